The molecule has 1 aliphatic carbocycles. The van der Waals surface area contributed by atoms with E-state index in [4.69, 9.17) is 0 Å². The molecular formula is C18H29N3O3S. The maximum absolute atomic E-state index is 12.0. The molecule has 6 nitrogen and oxygen atoms in total. The lowest BCUT2D eigenvalue weighted by atomic mass is 9.77. The van der Waals surface area contributed by atoms with Crippen LogP contribution in [-0.4, -0.2) is 28.0 Å². The summed E-state index contributed by atoms with van der Waals surface area (Å²) in [7, 11) is -2.05. The molecule has 2 amide bonds. The molecule has 140 valence electrons. The van der Waals surface area contributed by atoms with Crippen molar-refractivity contribution in [2.75, 3.05) is 13.6 Å². The van der Waals surface area contributed by atoms with Crippen molar-refractivity contribution in [2.45, 2.75) is 44.6 Å². The van der Waals surface area contributed by atoms with E-state index in [1.54, 1.807) is 12.1 Å². The Labute approximate surface area is 150 Å². The molecule has 2 rings (SSSR count). The first-order valence-corrected chi connectivity index (χ1v) is 10.3. The first kappa shape index (κ1) is 19.7. The minimum atomic E-state index is -3.43. The molecule has 1 aromatic rings. The monoisotopic (exact) mass is 367 g/mol. The van der Waals surface area contributed by atoms with Crippen molar-refractivity contribution in [3.05, 3.63) is 29.8 Å². The maximum Gasteiger partial charge on any atom is 0.315 e. The molecule has 0 aromatic heterocycles. The lowest BCUT2D eigenvalue weighted by Gasteiger charge is -2.31. The van der Waals surface area contributed by atoms with Gasteiger partial charge < -0.3 is 10.6 Å². The van der Waals surface area contributed by atoms with E-state index in [9.17, 15) is 13.2 Å². The third-order valence-electron chi connectivity index (χ3n) is 4.78. The van der Waals surface area contributed by atoms with E-state index in [0.717, 1.165) is 17.4 Å². The van der Waals surface area contributed by atoms with E-state index < -0.39 is 10.0 Å². The summed E-state index contributed by atoms with van der Waals surface area (Å²) < 4.78 is 25.6. The molecule has 1 aliphatic rings. The summed E-state index contributed by atoms with van der Waals surface area (Å²) in [5, 5.41) is 5.77. The quantitative estimate of drug-likeness (QED) is 0.722. The fraction of sp³-hybridized carbons (Fsp3) is 0.611. The average Bonchev–Trinajstić information content (AvgIpc) is 2.57. The third kappa shape index (κ3) is 6.01. The molecule has 25 heavy (non-hydrogen) atoms. The van der Waals surface area contributed by atoms with Crippen LogP contribution in [-0.2, 0) is 16.6 Å². The minimum Gasteiger partial charge on any atom is -0.338 e. The van der Waals surface area contributed by atoms with Gasteiger partial charge in [0.05, 0.1) is 4.90 Å². The van der Waals surface area contributed by atoms with E-state index in [1.165, 1.54) is 38.4 Å². The summed E-state index contributed by atoms with van der Waals surface area (Å²) in [4.78, 5) is 12.2. The van der Waals surface area contributed by atoms with Crippen molar-refractivity contribution in [1.29, 1.82) is 0 Å². The van der Waals surface area contributed by atoms with E-state index in [-0.39, 0.29) is 10.9 Å². The zero-order valence-corrected chi connectivity index (χ0v) is 16.0. The molecule has 1 aromatic carbocycles. The molecule has 7 heteroatoms. The van der Waals surface area contributed by atoms with Crippen LogP contribution in [0.1, 0.15) is 38.7 Å². The Kier molecular flexibility index (Phi) is 6.84. The second-order valence-electron chi connectivity index (χ2n) is 7.20. The van der Waals surface area contributed by atoms with Crippen LogP contribution in [0.25, 0.3) is 0 Å². The van der Waals surface area contributed by atoms with Crippen molar-refractivity contribution >= 4 is 16.1 Å². The van der Waals surface area contributed by atoms with Gasteiger partial charge in [-0.2, -0.15) is 0 Å². The van der Waals surface area contributed by atoms with Crippen molar-refractivity contribution in [1.82, 2.24) is 15.4 Å². The molecule has 0 spiro atoms. The Morgan fingerprint density at radius 1 is 1.04 bits per heavy atom. The van der Waals surface area contributed by atoms with E-state index >= 15 is 0 Å². The summed E-state index contributed by atoms with van der Waals surface area (Å²) in [6, 6.07) is 6.29. The Balaban J connectivity index is 1.76. The number of sulfonamides is 1. The van der Waals surface area contributed by atoms with Crippen LogP contribution >= 0.6 is 0 Å². The molecule has 0 heterocycles. The number of hydrogen-bond donors (Lipinski definition) is 3. The number of urea groups is 1. The highest BCUT2D eigenvalue weighted by Gasteiger charge is 2.24. The molecule has 1 fully saturated rings. The van der Waals surface area contributed by atoms with Gasteiger partial charge in [0.15, 0.2) is 0 Å². The molecule has 0 bridgehead atoms. The highest BCUT2D eigenvalue weighted by Crippen LogP contribution is 2.32. The van der Waals surface area contributed by atoms with Gasteiger partial charge in [-0.3, -0.25) is 0 Å². The lowest BCUT2D eigenvalue weighted by molar-refractivity contribution is 0.207. The Bertz CT molecular complexity index is 663. The number of benzene rings is 1. The molecule has 2 atom stereocenters. The molecular weight excluding hydrogens is 338 g/mol. The second kappa shape index (κ2) is 8.67. The van der Waals surface area contributed by atoms with Crippen LogP contribution in [0.5, 0.6) is 0 Å². The number of amides is 2. The summed E-state index contributed by atoms with van der Waals surface area (Å²) >= 11 is 0. The van der Waals surface area contributed by atoms with Crippen LogP contribution < -0.4 is 15.4 Å². The van der Waals surface area contributed by atoms with E-state index in [1.807, 2.05) is 0 Å². The van der Waals surface area contributed by atoms with Crippen molar-refractivity contribution in [3.63, 3.8) is 0 Å². The number of carbonyl (C=O) groups excluding carboxylic acids is 1. The third-order valence-corrected chi connectivity index (χ3v) is 6.21. The van der Waals surface area contributed by atoms with Gasteiger partial charge in [0, 0.05) is 13.1 Å². The molecule has 3 N–H and O–H groups in total. The van der Waals surface area contributed by atoms with E-state index in [0.29, 0.717) is 19.0 Å². The predicted octanol–water partition coefficient (Wildman–Crippen LogP) is 2.47. The Morgan fingerprint density at radius 3 is 2.20 bits per heavy atom. The summed E-state index contributed by atoms with van der Waals surface area (Å²) in [5.41, 5.74) is 0.852. The van der Waals surface area contributed by atoms with Gasteiger partial charge >= 0.3 is 6.03 Å². The Hall–Kier alpha value is -1.60. The summed E-state index contributed by atoms with van der Waals surface area (Å²) in [6.07, 6.45) is 3.63. The molecule has 1 saturated carbocycles. The van der Waals surface area contributed by atoms with Gasteiger partial charge in [-0.1, -0.05) is 26.0 Å². The summed E-state index contributed by atoms with van der Waals surface area (Å²) in [6.45, 7) is 5.63. The highest BCUT2D eigenvalue weighted by molar-refractivity contribution is 7.89. The predicted molar refractivity (Wildman–Crippen MR) is 98.6 cm³/mol. The molecule has 0 aliphatic heterocycles. The topological polar surface area (TPSA) is 87.3 Å². The zero-order valence-electron chi connectivity index (χ0n) is 15.2. The van der Waals surface area contributed by atoms with E-state index in [2.05, 4.69) is 29.2 Å². The number of carbonyl (C=O) groups is 1. The SMILES string of the molecule is CNS(=O)(=O)c1ccc(CNC(=O)NCC2CC(C)CC(C)C2)cc1. The fourth-order valence-electron chi connectivity index (χ4n) is 3.67. The standard InChI is InChI=1S/C18H29N3O3S/c1-13-8-14(2)10-16(9-13)12-21-18(22)20-11-15-4-6-17(7-5-15)25(23,24)19-3/h4-7,13-14,16,19H,8-12H2,1-3H3,(H2,20,21,22). The van der Waals surface area contributed by atoms with Gasteiger partial charge in [0.2, 0.25) is 10.0 Å². The Morgan fingerprint density at radius 2 is 1.64 bits per heavy atom. The lowest BCUT2D eigenvalue weighted by Crippen LogP contribution is -2.39. The largest absolute Gasteiger partial charge is 0.338 e. The van der Waals surface area contributed by atoms with Gasteiger partial charge in [0.25, 0.3) is 0 Å². The van der Waals surface area contributed by atoms with Gasteiger partial charge in [-0.25, -0.2) is 17.9 Å². The number of hydrogen-bond acceptors (Lipinski definition) is 3. The highest BCUT2D eigenvalue weighted by atomic mass is 32.2. The zero-order chi connectivity index (χ0) is 18.4. The first-order chi connectivity index (χ1) is 11.8. The van der Waals surface area contributed by atoms with Crippen LogP contribution in [0.4, 0.5) is 4.79 Å². The van der Waals surface area contributed by atoms with Crippen LogP contribution in [0.3, 0.4) is 0 Å². The molecule has 0 radical (unpaired) electrons. The molecule has 0 saturated heterocycles. The number of nitrogens with one attached hydrogen (secondary N) is 3. The average molecular weight is 368 g/mol. The maximum atomic E-state index is 12.0. The second-order valence-corrected chi connectivity index (χ2v) is 9.09. The van der Waals surface area contributed by atoms with Gasteiger partial charge in [-0.05, 0) is 61.8 Å². The minimum absolute atomic E-state index is 0.183. The normalized spacial score (nSPS) is 23.9. The fourth-order valence-corrected chi connectivity index (χ4v) is 4.40. The first-order valence-electron chi connectivity index (χ1n) is 8.84. The van der Waals surface area contributed by atoms with Crippen molar-refractivity contribution < 1.29 is 13.2 Å². The smallest absolute Gasteiger partial charge is 0.315 e. The van der Waals surface area contributed by atoms with Crippen molar-refractivity contribution in [2.24, 2.45) is 17.8 Å². The van der Waals surface area contributed by atoms with Crippen LogP contribution in [0.2, 0.25) is 0 Å². The summed E-state index contributed by atoms with van der Waals surface area (Å²) in [5.74, 6) is 2.01. The van der Waals surface area contributed by atoms with Crippen LogP contribution in [0.15, 0.2) is 29.2 Å². The number of rotatable bonds is 6. The molecule has 2 unspecified atom stereocenters. The van der Waals surface area contributed by atoms with Gasteiger partial charge in [-0.15, -0.1) is 0 Å². The van der Waals surface area contributed by atoms with Crippen LogP contribution in [0, 0.1) is 17.8 Å². The van der Waals surface area contributed by atoms with Crippen molar-refractivity contribution in [3.8, 4) is 0 Å². The van der Waals surface area contributed by atoms with Gasteiger partial charge in [0.1, 0.15) is 0 Å².